The molecule has 0 aliphatic carbocycles. The zero-order chi connectivity index (χ0) is 15.3. The van der Waals surface area contributed by atoms with Gasteiger partial charge in [-0.05, 0) is 44.3 Å². The second-order valence-electron chi connectivity index (χ2n) is 5.15. The summed E-state index contributed by atoms with van der Waals surface area (Å²) in [6.07, 6.45) is 2.98. The van der Waals surface area contributed by atoms with Gasteiger partial charge in [-0.3, -0.25) is 10.1 Å². The molecule has 1 aliphatic rings. The van der Waals surface area contributed by atoms with E-state index in [1.165, 1.54) is 18.2 Å². The molecule has 7 nitrogen and oxygen atoms in total. The molecule has 1 fully saturated rings. The van der Waals surface area contributed by atoms with Gasteiger partial charge in [-0.1, -0.05) is 6.07 Å². The molecule has 8 heteroatoms. The summed E-state index contributed by atoms with van der Waals surface area (Å²) in [5, 5.41) is 14.0. The highest BCUT2D eigenvalue weighted by atomic mass is 32.2. The van der Waals surface area contributed by atoms with E-state index in [1.54, 1.807) is 0 Å². The van der Waals surface area contributed by atoms with Crippen LogP contribution in [0.2, 0.25) is 0 Å². The minimum atomic E-state index is -3.69. The Morgan fingerprint density at radius 2 is 2.24 bits per heavy atom. The number of non-ortho nitro benzene ring substituents is 1. The van der Waals surface area contributed by atoms with Gasteiger partial charge in [0, 0.05) is 18.7 Å². The number of hydrogen-bond donors (Lipinski definition) is 2. The van der Waals surface area contributed by atoms with Crippen molar-refractivity contribution in [3.8, 4) is 0 Å². The molecule has 1 atom stereocenters. The van der Waals surface area contributed by atoms with E-state index in [0.717, 1.165) is 38.4 Å². The monoisotopic (exact) mass is 313 g/mol. The lowest BCUT2D eigenvalue weighted by Gasteiger charge is -2.22. The molecule has 1 saturated heterocycles. The van der Waals surface area contributed by atoms with Gasteiger partial charge in [0.25, 0.3) is 5.69 Å². The van der Waals surface area contributed by atoms with E-state index in [9.17, 15) is 18.5 Å². The molecular formula is C13H19N3O4S. The fourth-order valence-corrected chi connectivity index (χ4v) is 3.50. The van der Waals surface area contributed by atoms with Crippen LogP contribution in [-0.4, -0.2) is 33.0 Å². The normalized spacial score (nSPS) is 19.3. The summed E-state index contributed by atoms with van der Waals surface area (Å²) < 4.78 is 26.7. The highest BCUT2D eigenvalue weighted by Crippen LogP contribution is 2.18. The number of nitro groups is 1. The van der Waals surface area contributed by atoms with E-state index < -0.39 is 14.9 Å². The summed E-state index contributed by atoms with van der Waals surface area (Å²) in [5.41, 5.74) is -0.227. The van der Waals surface area contributed by atoms with E-state index in [-0.39, 0.29) is 10.6 Å². The number of nitrogens with zero attached hydrogens (tertiary/aromatic N) is 1. The molecule has 116 valence electrons. The first-order valence-electron chi connectivity index (χ1n) is 6.94. The van der Waals surface area contributed by atoms with Crippen LogP contribution in [0.5, 0.6) is 0 Å². The molecule has 2 rings (SSSR count). The third kappa shape index (κ3) is 4.48. The lowest BCUT2D eigenvalue weighted by Crippen LogP contribution is -2.33. The van der Waals surface area contributed by atoms with Gasteiger partial charge < -0.3 is 5.32 Å². The molecule has 0 aromatic heterocycles. The molecule has 21 heavy (non-hydrogen) atoms. The van der Waals surface area contributed by atoms with Gasteiger partial charge >= 0.3 is 0 Å². The van der Waals surface area contributed by atoms with Crippen molar-refractivity contribution < 1.29 is 13.3 Å². The summed E-state index contributed by atoms with van der Waals surface area (Å²) in [5.74, 6) is 0.478. The molecule has 1 aromatic rings. The first-order chi connectivity index (χ1) is 9.99. The third-order valence-corrected chi connectivity index (χ3v) is 5.04. The molecule has 1 aliphatic heterocycles. The predicted molar refractivity (Wildman–Crippen MR) is 78.5 cm³/mol. The number of rotatable bonds is 6. The summed E-state index contributed by atoms with van der Waals surface area (Å²) >= 11 is 0. The van der Waals surface area contributed by atoms with Crippen LogP contribution >= 0.6 is 0 Å². The molecule has 1 aromatic carbocycles. The van der Waals surface area contributed by atoms with E-state index in [2.05, 4.69) is 10.0 Å². The third-order valence-electron chi connectivity index (χ3n) is 3.58. The molecule has 1 heterocycles. The van der Waals surface area contributed by atoms with Crippen LogP contribution in [0.1, 0.15) is 19.3 Å². The van der Waals surface area contributed by atoms with E-state index in [4.69, 9.17) is 0 Å². The largest absolute Gasteiger partial charge is 0.316 e. The maximum atomic E-state index is 12.1. The number of nitrogens with one attached hydrogen (secondary N) is 2. The minimum absolute atomic E-state index is 0.0709. The Hall–Kier alpha value is -1.51. The smallest absolute Gasteiger partial charge is 0.270 e. The van der Waals surface area contributed by atoms with Crippen molar-refractivity contribution in [1.82, 2.24) is 10.0 Å². The van der Waals surface area contributed by atoms with Crippen molar-refractivity contribution in [2.45, 2.75) is 24.2 Å². The Balaban J connectivity index is 1.94. The Morgan fingerprint density at radius 1 is 1.43 bits per heavy atom. The highest BCUT2D eigenvalue weighted by Gasteiger charge is 2.18. The molecule has 0 bridgehead atoms. The SMILES string of the molecule is O=[N+]([O-])c1cccc(S(=O)(=O)NCCC2CCCNC2)c1. The molecule has 2 N–H and O–H groups in total. The molecule has 0 spiro atoms. The maximum Gasteiger partial charge on any atom is 0.270 e. The number of sulfonamides is 1. The molecule has 0 saturated carbocycles. The number of hydrogen-bond acceptors (Lipinski definition) is 5. The summed E-state index contributed by atoms with van der Waals surface area (Å²) in [4.78, 5) is 10.0. The lowest BCUT2D eigenvalue weighted by molar-refractivity contribution is -0.385. The zero-order valence-corrected chi connectivity index (χ0v) is 12.4. The van der Waals surface area contributed by atoms with Gasteiger partial charge in [-0.25, -0.2) is 13.1 Å². The van der Waals surface area contributed by atoms with Crippen LogP contribution in [0.15, 0.2) is 29.2 Å². The minimum Gasteiger partial charge on any atom is -0.316 e. The van der Waals surface area contributed by atoms with E-state index in [1.807, 2.05) is 0 Å². The van der Waals surface area contributed by atoms with E-state index >= 15 is 0 Å². The molecule has 0 amide bonds. The summed E-state index contributed by atoms with van der Waals surface area (Å²) in [6, 6.07) is 5.08. The van der Waals surface area contributed by atoms with Crippen molar-refractivity contribution in [3.63, 3.8) is 0 Å². The lowest BCUT2D eigenvalue weighted by atomic mass is 9.96. The van der Waals surface area contributed by atoms with Gasteiger partial charge in [0.05, 0.1) is 9.82 Å². The van der Waals surface area contributed by atoms with Crippen LogP contribution in [0.3, 0.4) is 0 Å². The van der Waals surface area contributed by atoms with Crippen molar-refractivity contribution in [1.29, 1.82) is 0 Å². The second kappa shape index (κ2) is 6.97. The fraction of sp³-hybridized carbons (Fsp3) is 0.538. The maximum absolute atomic E-state index is 12.1. The van der Waals surface area contributed by atoms with Gasteiger partial charge in [0.2, 0.25) is 10.0 Å². The second-order valence-corrected chi connectivity index (χ2v) is 6.92. The van der Waals surface area contributed by atoms with Crippen molar-refractivity contribution in [2.24, 2.45) is 5.92 Å². The molecular weight excluding hydrogens is 294 g/mol. The average Bonchev–Trinajstić information content (AvgIpc) is 2.48. The van der Waals surface area contributed by atoms with Crippen molar-refractivity contribution in [2.75, 3.05) is 19.6 Å². The Kier molecular flexibility index (Phi) is 5.27. The first kappa shape index (κ1) is 15.9. The molecule has 1 unspecified atom stereocenters. The first-order valence-corrected chi connectivity index (χ1v) is 8.42. The molecule has 0 radical (unpaired) electrons. The quantitative estimate of drug-likeness (QED) is 0.608. The topological polar surface area (TPSA) is 101 Å². The van der Waals surface area contributed by atoms with Crippen molar-refractivity contribution in [3.05, 3.63) is 34.4 Å². The number of piperidine rings is 1. The van der Waals surface area contributed by atoms with Gasteiger partial charge in [-0.2, -0.15) is 0 Å². The van der Waals surface area contributed by atoms with Crippen LogP contribution in [0.25, 0.3) is 0 Å². The highest BCUT2D eigenvalue weighted by molar-refractivity contribution is 7.89. The number of nitro benzene ring substituents is 1. The van der Waals surface area contributed by atoms with Crippen LogP contribution in [0, 0.1) is 16.0 Å². The van der Waals surface area contributed by atoms with Gasteiger partial charge in [-0.15, -0.1) is 0 Å². The predicted octanol–water partition coefficient (Wildman–Crippen LogP) is 1.26. The van der Waals surface area contributed by atoms with Crippen LogP contribution in [0.4, 0.5) is 5.69 Å². The van der Waals surface area contributed by atoms with Gasteiger partial charge in [0.1, 0.15) is 0 Å². The van der Waals surface area contributed by atoms with E-state index in [0.29, 0.717) is 12.5 Å². The van der Waals surface area contributed by atoms with Gasteiger partial charge in [0.15, 0.2) is 0 Å². The fourth-order valence-electron chi connectivity index (χ4n) is 2.42. The number of benzene rings is 1. The summed E-state index contributed by atoms with van der Waals surface area (Å²) in [6.45, 7) is 2.28. The Morgan fingerprint density at radius 3 is 2.90 bits per heavy atom. The van der Waals surface area contributed by atoms with Crippen molar-refractivity contribution >= 4 is 15.7 Å². The standard InChI is InChI=1S/C13H19N3O4S/c17-16(18)12-4-1-5-13(9-12)21(19,20)15-8-6-11-3-2-7-14-10-11/h1,4-5,9,11,14-15H,2-3,6-8,10H2. The average molecular weight is 313 g/mol. The zero-order valence-electron chi connectivity index (χ0n) is 11.6. The van der Waals surface area contributed by atoms with Crippen LogP contribution in [-0.2, 0) is 10.0 Å². The Bertz CT molecular complexity index is 597. The van der Waals surface area contributed by atoms with Crippen LogP contribution < -0.4 is 10.0 Å². The Labute approximate surface area is 123 Å². The summed E-state index contributed by atoms with van der Waals surface area (Å²) in [7, 11) is -3.69.